The zero-order valence-electron chi connectivity index (χ0n) is 9.70. The maximum Gasteiger partial charge on any atom is 0.119 e. The Bertz CT molecular complexity index is 330. The van der Waals surface area contributed by atoms with Crippen molar-refractivity contribution in [3.8, 4) is 5.75 Å². The fraction of sp³-hybridized carbons (Fsp3) is 0.538. The van der Waals surface area contributed by atoms with Crippen LogP contribution in [0.25, 0.3) is 0 Å². The molecule has 3 heteroatoms. The second-order valence-corrected chi connectivity index (χ2v) is 4.39. The lowest BCUT2D eigenvalue weighted by Gasteiger charge is -2.36. The summed E-state index contributed by atoms with van der Waals surface area (Å²) < 4.78 is 5.36. The van der Waals surface area contributed by atoms with Crippen molar-refractivity contribution in [2.24, 2.45) is 0 Å². The molecule has 0 atom stereocenters. The van der Waals surface area contributed by atoms with Crippen molar-refractivity contribution in [3.63, 3.8) is 0 Å². The summed E-state index contributed by atoms with van der Waals surface area (Å²) in [5, 5.41) is 13.2. The summed E-state index contributed by atoms with van der Waals surface area (Å²) in [4.78, 5) is 0. The van der Waals surface area contributed by atoms with Crippen LogP contribution in [0.5, 0.6) is 5.75 Å². The highest BCUT2D eigenvalue weighted by molar-refractivity contribution is 5.46. The number of rotatable bonds is 5. The van der Waals surface area contributed by atoms with Crippen LogP contribution < -0.4 is 10.1 Å². The molecule has 1 fully saturated rings. The predicted octanol–water partition coefficient (Wildman–Crippen LogP) is 2.41. The Labute approximate surface area is 96.4 Å². The van der Waals surface area contributed by atoms with Crippen LogP contribution in [-0.2, 0) is 0 Å². The van der Waals surface area contributed by atoms with Crippen molar-refractivity contribution in [2.45, 2.75) is 31.8 Å². The summed E-state index contributed by atoms with van der Waals surface area (Å²) in [6, 6.07) is 7.84. The van der Waals surface area contributed by atoms with E-state index in [0.717, 1.165) is 30.7 Å². The number of benzene rings is 1. The van der Waals surface area contributed by atoms with Crippen molar-refractivity contribution >= 4 is 5.69 Å². The molecule has 1 aliphatic rings. The average molecular weight is 221 g/mol. The molecule has 16 heavy (non-hydrogen) atoms. The summed E-state index contributed by atoms with van der Waals surface area (Å²) in [6.45, 7) is 3.30. The minimum absolute atomic E-state index is 0.474. The molecular weight excluding hydrogens is 202 g/mol. The van der Waals surface area contributed by atoms with Crippen molar-refractivity contribution in [1.82, 2.24) is 0 Å². The molecule has 0 spiro atoms. The molecule has 0 aromatic heterocycles. The molecule has 2 N–H and O–H groups in total. The maximum absolute atomic E-state index is 9.92. The van der Waals surface area contributed by atoms with E-state index < -0.39 is 5.60 Å². The van der Waals surface area contributed by atoms with Gasteiger partial charge >= 0.3 is 0 Å². The standard InChI is InChI=1S/C13H19NO2/c1-2-16-12-6-4-11(5-7-12)14-10-13(15)8-3-9-13/h4-7,14-15H,2-3,8-10H2,1H3. The molecule has 1 aromatic carbocycles. The van der Waals surface area contributed by atoms with E-state index in [9.17, 15) is 5.11 Å². The zero-order chi connectivity index (χ0) is 11.4. The van der Waals surface area contributed by atoms with Gasteiger partial charge < -0.3 is 15.2 Å². The predicted molar refractivity (Wildman–Crippen MR) is 64.9 cm³/mol. The Morgan fingerprint density at radius 3 is 2.50 bits per heavy atom. The lowest BCUT2D eigenvalue weighted by atomic mass is 9.80. The van der Waals surface area contributed by atoms with Crippen molar-refractivity contribution in [1.29, 1.82) is 0 Å². The Kier molecular flexibility index (Phi) is 3.34. The van der Waals surface area contributed by atoms with E-state index in [1.165, 1.54) is 0 Å². The van der Waals surface area contributed by atoms with Gasteiger partial charge in [-0.3, -0.25) is 0 Å². The van der Waals surface area contributed by atoms with Gasteiger partial charge in [0.05, 0.1) is 12.2 Å². The Morgan fingerprint density at radius 2 is 2.00 bits per heavy atom. The molecule has 1 saturated carbocycles. The van der Waals surface area contributed by atoms with E-state index in [2.05, 4.69) is 5.32 Å². The monoisotopic (exact) mass is 221 g/mol. The summed E-state index contributed by atoms with van der Waals surface area (Å²) in [5.41, 5.74) is 0.558. The summed E-state index contributed by atoms with van der Waals surface area (Å²) in [5.74, 6) is 0.885. The van der Waals surface area contributed by atoms with Crippen LogP contribution in [0.2, 0.25) is 0 Å². The van der Waals surface area contributed by atoms with Gasteiger partial charge in [-0.2, -0.15) is 0 Å². The zero-order valence-corrected chi connectivity index (χ0v) is 9.70. The molecule has 2 rings (SSSR count). The van der Waals surface area contributed by atoms with E-state index in [1.54, 1.807) is 0 Å². The van der Waals surface area contributed by atoms with Gasteiger partial charge in [-0.05, 0) is 50.5 Å². The maximum atomic E-state index is 9.92. The first-order valence-electron chi connectivity index (χ1n) is 5.91. The molecular formula is C13H19NO2. The van der Waals surface area contributed by atoms with E-state index in [-0.39, 0.29) is 0 Å². The minimum atomic E-state index is -0.474. The number of hydrogen-bond acceptors (Lipinski definition) is 3. The molecule has 0 bridgehead atoms. The van der Waals surface area contributed by atoms with Gasteiger partial charge in [0.15, 0.2) is 0 Å². The number of hydrogen-bond donors (Lipinski definition) is 2. The van der Waals surface area contributed by atoms with Gasteiger partial charge in [0, 0.05) is 12.2 Å². The van der Waals surface area contributed by atoms with Crippen LogP contribution in [0.4, 0.5) is 5.69 Å². The van der Waals surface area contributed by atoms with Crippen LogP contribution in [0.15, 0.2) is 24.3 Å². The molecule has 88 valence electrons. The van der Waals surface area contributed by atoms with E-state index in [4.69, 9.17) is 4.74 Å². The van der Waals surface area contributed by atoms with Crippen LogP contribution in [-0.4, -0.2) is 23.9 Å². The fourth-order valence-corrected chi connectivity index (χ4v) is 1.86. The smallest absolute Gasteiger partial charge is 0.119 e. The van der Waals surface area contributed by atoms with Crippen LogP contribution >= 0.6 is 0 Å². The van der Waals surface area contributed by atoms with Crippen molar-refractivity contribution in [2.75, 3.05) is 18.5 Å². The topological polar surface area (TPSA) is 41.5 Å². The summed E-state index contributed by atoms with van der Waals surface area (Å²) in [7, 11) is 0. The second-order valence-electron chi connectivity index (χ2n) is 4.39. The number of anilines is 1. The van der Waals surface area contributed by atoms with E-state index >= 15 is 0 Å². The van der Waals surface area contributed by atoms with Crippen LogP contribution in [0, 0.1) is 0 Å². The SMILES string of the molecule is CCOc1ccc(NCC2(O)CCC2)cc1. The Hall–Kier alpha value is -1.22. The summed E-state index contributed by atoms with van der Waals surface area (Å²) >= 11 is 0. The van der Waals surface area contributed by atoms with E-state index in [0.29, 0.717) is 13.2 Å². The van der Waals surface area contributed by atoms with Crippen LogP contribution in [0.1, 0.15) is 26.2 Å². The molecule has 0 heterocycles. The second kappa shape index (κ2) is 4.74. The van der Waals surface area contributed by atoms with Crippen LogP contribution in [0.3, 0.4) is 0 Å². The normalized spacial score (nSPS) is 17.6. The first kappa shape index (κ1) is 11.3. The van der Waals surface area contributed by atoms with Gasteiger partial charge in [-0.25, -0.2) is 0 Å². The third kappa shape index (κ3) is 2.67. The van der Waals surface area contributed by atoms with Gasteiger partial charge in [0.1, 0.15) is 5.75 Å². The molecule has 0 amide bonds. The average Bonchev–Trinajstić information content (AvgIpc) is 2.26. The van der Waals surface area contributed by atoms with Gasteiger partial charge in [0.2, 0.25) is 0 Å². The highest BCUT2D eigenvalue weighted by atomic mass is 16.5. The number of nitrogens with one attached hydrogen (secondary N) is 1. The molecule has 1 aliphatic carbocycles. The molecule has 0 aliphatic heterocycles. The van der Waals surface area contributed by atoms with Gasteiger partial charge in [-0.15, -0.1) is 0 Å². The van der Waals surface area contributed by atoms with Crippen molar-refractivity contribution < 1.29 is 9.84 Å². The molecule has 0 unspecified atom stereocenters. The Balaban J connectivity index is 1.85. The first-order chi connectivity index (χ1) is 7.72. The lowest BCUT2D eigenvalue weighted by Crippen LogP contribution is -2.43. The first-order valence-corrected chi connectivity index (χ1v) is 5.91. The highest BCUT2D eigenvalue weighted by Gasteiger charge is 2.33. The third-order valence-corrected chi connectivity index (χ3v) is 3.07. The van der Waals surface area contributed by atoms with Crippen molar-refractivity contribution in [3.05, 3.63) is 24.3 Å². The molecule has 0 radical (unpaired) electrons. The highest BCUT2D eigenvalue weighted by Crippen LogP contribution is 2.31. The summed E-state index contributed by atoms with van der Waals surface area (Å²) in [6.07, 6.45) is 2.97. The third-order valence-electron chi connectivity index (χ3n) is 3.07. The molecule has 3 nitrogen and oxygen atoms in total. The lowest BCUT2D eigenvalue weighted by molar-refractivity contribution is -0.0201. The van der Waals surface area contributed by atoms with Gasteiger partial charge in [0.25, 0.3) is 0 Å². The fourth-order valence-electron chi connectivity index (χ4n) is 1.86. The molecule has 1 aromatic rings. The van der Waals surface area contributed by atoms with E-state index in [1.807, 2.05) is 31.2 Å². The quantitative estimate of drug-likeness (QED) is 0.802. The number of aliphatic hydroxyl groups is 1. The molecule has 0 saturated heterocycles. The van der Waals surface area contributed by atoms with Gasteiger partial charge in [-0.1, -0.05) is 0 Å². The Morgan fingerprint density at radius 1 is 1.31 bits per heavy atom. The minimum Gasteiger partial charge on any atom is -0.494 e. The number of ether oxygens (including phenoxy) is 1. The largest absolute Gasteiger partial charge is 0.494 e.